The van der Waals surface area contributed by atoms with Gasteiger partial charge in [-0.15, -0.1) is 0 Å². The molecule has 0 aliphatic rings. The minimum absolute atomic E-state index is 0.0732. The molecule has 0 aliphatic carbocycles. The molecule has 102 valence electrons. The molecule has 0 saturated heterocycles. The highest BCUT2D eigenvalue weighted by Crippen LogP contribution is 2.09. The van der Waals surface area contributed by atoms with Gasteiger partial charge in [0.1, 0.15) is 5.65 Å². The van der Waals surface area contributed by atoms with Gasteiger partial charge in [0.2, 0.25) is 5.91 Å². The van der Waals surface area contributed by atoms with Gasteiger partial charge in [0, 0.05) is 18.8 Å². The van der Waals surface area contributed by atoms with Crippen LogP contribution in [0.3, 0.4) is 0 Å². The second kappa shape index (κ2) is 6.33. The number of hydrogen-bond acceptors (Lipinski definition) is 3. The Hall–Kier alpha value is -1.88. The minimum Gasteiger partial charge on any atom is -0.350 e. The molecule has 0 fully saturated rings. The normalized spacial score (nSPS) is 10.8. The van der Waals surface area contributed by atoms with E-state index in [1.54, 1.807) is 0 Å². The second-order valence-electron chi connectivity index (χ2n) is 4.64. The highest BCUT2D eigenvalue weighted by molar-refractivity contribution is 5.75. The molecule has 0 unspecified atom stereocenters. The number of amides is 1. The Morgan fingerprint density at radius 2 is 2.32 bits per heavy atom. The monoisotopic (exact) mass is 260 g/mol. The minimum atomic E-state index is 0.0732. The molecule has 0 saturated carbocycles. The quantitative estimate of drug-likeness (QED) is 0.769. The lowest BCUT2D eigenvalue weighted by atomic mass is 10.3. The third-order valence-electron chi connectivity index (χ3n) is 3.03. The maximum absolute atomic E-state index is 11.6. The zero-order chi connectivity index (χ0) is 13.7. The number of aryl methyl sites for hydroxylation is 1. The highest BCUT2D eigenvalue weighted by atomic mass is 16.1. The van der Waals surface area contributed by atoms with Gasteiger partial charge in [0.05, 0.1) is 12.2 Å². The molecular weight excluding hydrogens is 240 g/mol. The molecule has 0 aromatic carbocycles. The summed E-state index contributed by atoms with van der Waals surface area (Å²) in [6.07, 6.45) is 5.32. The van der Waals surface area contributed by atoms with E-state index < -0.39 is 0 Å². The van der Waals surface area contributed by atoms with Gasteiger partial charge in [-0.1, -0.05) is 6.07 Å². The summed E-state index contributed by atoms with van der Waals surface area (Å²) in [5, 5.41) is 5.92. The zero-order valence-electron chi connectivity index (χ0n) is 11.4. The van der Waals surface area contributed by atoms with E-state index in [1.165, 1.54) is 0 Å². The number of nitrogens with zero attached hydrogens (tertiary/aromatic N) is 2. The van der Waals surface area contributed by atoms with Crippen molar-refractivity contribution < 1.29 is 4.79 Å². The Bertz CT molecular complexity index is 562. The number of fused-ring (bicyclic) bond motifs is 1. The first-order valence-electron chi connectivity index (χ1n) is 6.55. The molecule has 19 heavy (non-hydrogen) atoms. The summed E-state index contributed by atoms with van der Waals surface area (Å²) < 4.78 is 1.98. The van der Waals surface area contributed by atoms with E-state index in [9.17, 15) is 4.79 Å². The van der Waals surface area contributed by atoms with Crippen molar-refractivity contribution in [1.29, 1.82) is 0 Å². The topological polar surface area (TPSA) is 58.4 Å². The number of rotatable bonds is 6. The predicted octanol–water partition coefficient (Wildman–Crippen LogP) is 1.26. The van der Waals surface area contributed by atoms with E-state index in [0.29, 0.717) is 13.0 Å². The number of nitrogens with one attached hydrogen (secondary N) is 2. The largest absolute Gasteiger partial charge is 0.350 e. The van der Waals surface area contributed by atoms with Gasteiger partial charge in [-0.25, -0.2) is 4.98 Å². The smallest absolute Gasteiger partial charge is 0.220 e. The molecule has 0 bridgehead atoms. The molecule has 2 aromatic heterocycles. The maximum atomic E-state index is 11.6. The molecule has 2 heterocycles. The van der Waals surface area contributed by atoms with E-state index in [1.807, 2.05) is 42.9 Å². The molecule has 2 N–H and O–H groups in total. The first-order valence-corrected chi connectivity index (χ1v) is 6.55. The van der Waals surface area contributed by atoms with Crippen LogP contribution in [0.25, 0.3) is 5.65 Å². The lowest BCUT2D eigenvalue weighted by Gasteiger charge is -2.02. The number of pyridine rings is 1. The zero-order valence-corrected chi connectivity index (χ0v) is 11.4. The molecule has 0 spiro atoms. The number of aromatic nitrogens is 2. The second-order valence-corrected chi connectivity index (χ2v) is 4.64. The molecule has 0 atom stereocenters. The van der Waals surface area contributed by atoms with Crippen molar-refractivity contribution in [1.82, 2.24) is 20.0 Å². The van der Waals surface area contributed by atoms with Gasteiger partial charge in [-0.3, -0.25) is 4.79 Å². The summed E-state index contributed by atoms with van der Waals surface area (Å²) in [5.41, 5.74) is 2.97. The lowest BCUT2D eigenvalue weighted by molar-refractivity contribution is -0.121. The fourth-order valence-electron chi connectivity index (χ4n) is 1.99. The van der Waals surface area contributed by atoms with Crippen molar-refractivity contribution in [3.05, 3.63) is 35.8 Å². The summed E-state index contributed by atoms with van der Waals surface area (Å²) >= 11 is 0. The van der Waals surface area contributed by atoms with Gasteiger partial charge in [0.25, 0.3) is 0 Å². The number of imidazole rings is 1. The van der Waals surface area contributed by atoms with Crippen LogP contribution in [0.4, 0.5) is 0 Å². The first-order chi connectivity index (χ1) is 9.20. The summed E-state index contributed by atoms with van der Waals surface area (Å²) in [6, 6.07) is 4.02. The summed E-state index contributed by atoms with van der Waals surface area (Å²) in [4.78, 5) is 16.1. The van der Waals surface area contributed by atoms with Crippen LogP contribution in [0, 0.1) is 6.92 Å². The van der Waals surface area contributed by atoms with Crippen LogP contribution in [-0.4, -0.2) is 28.9 Å². The summed E-state index contributed by atoms with van der Waals surface area (Å²) in [7, 11) is 1.89. The van der Waals surface area contributed by atoms with E-state index >= 15 is 0 Å². The fourth-order valence-corrected chi connectivity index (χ4v) is 1.99. The summed E-state index contributed by atoms with van der Waals surface area (Å²) in [6.45, 7) is 3.38. The van der Waals surface area contributed by atoms with Crippen LogP contribution in [0.1, 0.15) is 24.1 Å². The van der Waals surface area contributed by atoms with E-state index in [4.69, 9.17) is 0 Å². The Kier molecular flexibility index (Phi) is 4.52. The maximum Gasteiger partial charge on any atom is 0.220 e. The van der Waals surface area contributed by atoms with Gasteiger partial charge in [-0.2, -0.15) is 0 Å². The highest BCUT2D eigenvalue weighted by Gasteiger charge is 2.05. The van der Waals surface area contributed by atoms with Crippen molar-refractivity contribution in [2.75, 3.05) is 13.6 Å². The third kappa shape index (κ3) is 3.54. The van der Waals surface area contributed by atoms with Crippen molar-refractivity contribution in [3.8, 4) is 0 Å². The molecule has 1 amide bonds. The molecule has 0 aliphatic heterocycles. The predicted molar refractivity (Wildman–Crippen MR) is 74.9 cm³/mol. The molecule has 2 aromatic rings. The van der Waals surface area contributed by atoms with E-state index in [2.05, 4.69) is 15.6 Å². The van der Waals surface area contributed by atoms with Crippen LogP contribution < -0.4 is 10.6 Å². The van der Waals surface area contributed by atoms with Crippen LogP contribution in [-0.2, 0) is 11.3 Å². The van der Waals surface area contributed by atoms with Gasteiger partial charge < -0.3 is 15.0 Å². The van der Waals surface area contributed by atoms with Crippen LogP contribution in [0.5, 0.6) is 0 Å². The molecule has 5 heteroatoms. The fraction of sp³-hybridized carbons (Fsp3) is 0.429. The Labute approximate surface area is 113 Å². The van der Waals surface area contributed by atoms with Crippen LogP contribution in [0.15, 0.2) is 24.5 Å². The standard InChI is InChI=1S/C14H20N4O/c1-11-5-4-8-18-10-12(17-14(11)18)9-16-13(19)6-3-7-15-2/h4-5,8,10,15H,3,6-7,9H2,1-2H3,(H,16,19). The Balaban J connectivity index is 1.91. The van der Waals surface area contributed by atoms with Gasteiger partial charge >= 0.3 is 0 Å². The SMILES string of the molecule is CNCCCC(=O)NCc1cn2cccc(C)c2n1. The third-order valence-corrected chi connectivity index (χ3v) is 3.03. The van der Waals surface area contributed by atoms with Crippen molar-refractivity contribution in [2.45, 2.75) is 26.3 Å². The number of hydrogen-bond donors (Lipinski definition) is 2. The Morgan fingerprint density at radius 3 is 3.05 bits per heavy atom. The number of carbonyl (C=O) groups is 1. The van der Waals surface area contributed by atoms with Crippen molar-refractivity contribution in [3.63, 3.8) is 0 Å². The molecule has 5 nitrogen and oxygen atoms in total. The van der Waals surface area contributed by atoms with Crippen LogP contribution >= 0.6 is 0 Å². The van der Waals surface area contributed by atoms with E-state index in [-0.39, 0.29) is 5.91 Å². The molecular formula is C14H20N4O. The van der Waals surface area contributed by atoms with Gasteiger partial charge in [0.15, 0.2) is 0 Å². The molecule has 0 radical (unpaired) electrons. The van der Waals surface area contributed by atoms with E-state index in [0.717, 1.165) is 29.9 Å². The lowest BCUT2D eigenvalue weighted by Crippen LogP contribution is -2.23. The Morgan fingerprint density at radius 1 is 1.47 bits per heavy atom. The van der Waals surface area contributed by atoms with Gasteiger partial charge in [-0.05, 0) is 38.6 Å². The van der Waals surface area contributed by atoms with Crippen LogP contribution in [0.2, 0.25) is 0 Å². The summed E-state index contributed by atoms with van der Waals surface area (Å²) in [5.74, 6) is 0.0732. The first kappa shape index (κ1) is 13.5. The number of carbonyl (C=O) groups excluding carboxylic acids is 1. The average Bonchev–Trinajstić information content (AvgIpc) is 2.81. The van der Waals surface area contributed by atoms with Crippen molar-refractivity contribution >= 4 is 11.6 Å². The molecule has 2 rings (SSSR count). The van der Waals surface area contributed by atoms with Crippen molar-refractivity contribution in [2.24, 2.45) is 0 Å². The average molecular weight is 260 g/mol.